The van der Waals surface area contributed by atoms with Gasteiger partial charge in [-0.2, -0.15) is 0 Å². The van der Waals surface area contributed by atoms with Gasteiger partial charge in [0.15, 0.2) is 0 Å². The van der Waals surface area contributed by atoms with E-state index in [4.69, 9.17) is 4.74 Å². The number of aromatic nitrogens is 1. The number of nitrogens with zero attached hydrogens (tertiary/aromatic N) is 3. The van der Waals surface area contributed by atoms with Crippen molar-refractivity contribution in [3.05, 3.63) is 65.0 Å². The van der Waals surface area contributed by atoms with Crippen molar-refractivity contribution in [2.75, 3.05) is 33.8 Å². The zero-order valence-corrected chi connectivity index (χ0v) is 20.0. The van der Waals surface area contributed by atoms with E-state index in [1.54, 1.807) is 41.6 Å². The Morgan fingerprint density at radius 3 is 2.61 bits per heavy atom. The second-order valence-electron chi connectivity index (χ2n) is 9.12. The molecule has 1 aliphatic rings. The van der Waals surface area contributed by atoms with Crippen molar-refractivity contribution in [2.24, 2.45) is 5.92 Å². The highest BCUT2D eigenvalue weighted by atomic mass is 16.5. The molecule has 1 saturated heterocycles. The summed E-state index contributed by atoms with van der Waals surface area (Å²) in [6.07, 6.45) is 3.98. The number of benzene rings is 1. The number of ketones is 1. The van der Waals surface area contributed by atoms with Crippen LogP contribution in [-0.2, 0) is 9.59 Å². The fourth-order valence-corrected chi connectivity index (χ4v) is 3.92. The van der Waals surface area contributed by atoms with Crippen molar-refractivity contribution < 1.29 is 19.4 Å². The van der Waals surface area contributed by atoms with Gasteiger partial charge in [-0.3, -0.25) is 14.6 Å². The van der Waals surface area contributed by atoms with Gasteiger partial charge >= 0.3 is 0 Å². The van der Waals surface area contributed by atoms with Gasteiger partial charge in [-0.25, -0.2) is 0 Å². The number of hydrogen-bond acceptors (Lipinski definition) is 6. The molecule has 2 aromatic rings. The van der Waals surface area contributed by atoms with Gasteiger partial charge in [0.2, 0.25) is 0 Å². The van der Waals surface area contributed by atoms with Crippen molar-refractivity contribution in [1.82, 2.24) is 14.8 Å². The van der Waals surface area contributed by atoms with Crippen molar-refractivity contribution in [1.29, 1.82) is 0 Å². The number of likely N-dealkylation sites (tertiary alicyclic amines) is 1. The van der Waals surface area contributed by atoms with Crippen LogP contribution in [0.5, 0.6) is 5.75 Å². The number of amides is 1. The molecule has 0 saturated carbocycles. The molecule has 7 heteroatoms. The number of aryl methyl sites for hydroxylation is 1. The SMILES string of the molecule is Cc1cc(C(O)=C2C(=O)C(=O)N(CCCN(C)C)[C@@H]2c2cccnc2)ccc1OCC(C)C. The summed E-state index contributed by atoms with van der Waals surface area (Å²) in [5.74, 6) is -0.341. The van der Waals surface area contributed by atoms with Crippen LogP contribution in [0.25, 0.3) is 5.76 Å². The Kier molecular flexibility index (Phi) is 7.87. The molecule has 1 N–H and O–H groups in total. The van der Waals surface area contributed by atoms with Crippen LogP contribution in [-0.4, -0.2) is 65.4 Å². The molecule has 1 aromatic carbocycles. The summed E-state index contributed by atoms with van der Waals surface area (Å²) in [5.41, 5.74) is 2.10. The third-order valence-electron chi connectivity index (χ3n) is 5.56. The molecular weight excluding hydrogens is 418 g/mol. The van der Waals surface area contributed by atoms with Gasteiger partial charge in [-0.05, 0) is 75.3 Å². The Labute approximate surface area is 195 Å². The van der Waals surface area contributed by atoms with Crippen molar-refractivity contribution in [2.45, 2.75) is 33.2 Å². The second-order valence-corrected chi connectivity index (χ2v) is 9.12. The number of carbonyl (C=O) groups excluding carboxylic acids is 2. The Morgan fingerprint density at radius 2 is 2.00 bits per heavy atom. The molecular formula is C26H33N3O4. The molecule has 1 aliphatic heterocycles. The normalized spacial score (nSPS) is 17.9. The maximum Gasteiger partial charge on any atom is 0.295 e. The first kappa shape index (κ1) is 24.5. The van der Waals surface area contributed by atoms with E-state index in [2.05, 4.69) is 18.8 Å². The molecule has 1 fully saturated rings. The van der Waals surface area contributed by atoms with Crippen molar-refractivity contribution >= 4 is 17.4 Å². The van der Waals surface area contributed by atoms with Crippen LogP contribution in [0.3, 0.4) is 0 Å². The van der Waals surface area contributed by atoms with Crippen LogP contribution in [0.2, 0.25) is 0 Å². The molecule has 2 heterocycles. The maximum absolute atomic E-state index is 13.1. The predicted octanol–water partition coefficient (Wildman–Crippen LogP) is 3.80. The van der Waals surface area contributed by atoms with E-state index in [0.29, 0.717) is 36.6 Å². The summed E-state index contributed by atoms with van der Waals surface area (Å²) < 4.78 is 5.83. The Morgan fingerprint density at radius 1 is 1.24 bits per heavy atom. The van der Waals surface area contributed by atoms with Crippen LogP contribution in [0, 0.1) is 12.8 Å². The highest BCUT2D eigenvalue weighted by Crippen LogP contribution is 2.39. The van der Waals surface area contributed by atoms with E-state index in [1.807, 2.05) is 32.0 Å². The fourth-order valence-electron chi connectivity index (χ4n) is 3.92. The van der Waals surface area contributed by atoms with Crippen LogP contribution < -0.4 is 4.74 Å². The second kappa shape index (κ2) is 10.6. The lowest BCUT2D eigenvalue weighted by Crippen LogP contribution is -2.32. The Balaban J connectivity index is 2.01. The number of carbonyl (C=O) groups is 2. The molecule has 7 nitrogen and oxygen atoms in total. The van der Waals surface area contributed by atoms with Gasteiger partial charge in [0, 0.05) is 24.5 Å². The minimum absolute atomic E-state index is 0.0908. The monoisotopic (exact) mass is 451 g/mol. The summed E-state index contributed by atoms with van der Waals surface area (Å²) in [6.45, 7) is 7.81. The van der Waals surface area contributed by atoms with Gasteiger partial charge in [-0.15, -0.1) is 0 Å². The Bertz CT molecular complexity index is 1030. The van der Waals surface area contributed by atoms with Crippen LogP contribution in [0.15, 0.2) is 48.3 Å². The molecule has 0 radical (unpaired) electrons. The van der Waals surface area contributed by atoms with Gasteiger partial charge in [0.25, 0.3) is 11.7 Å². The number of aliphatic hydroxyl groups is 1. The topological polar surface area (TPSA) is 83.0 Å². The van der Waals surface area contributed by atoms with Gasteiger partial charge < -0.3 is 19.6 Å². The van der Waals surface area contributed by atoms with Crippen LogP contribution in [0.1, 0.15) is 43.0 Å². The molecule has 1 amide bonds. The van der Waals surface area contributed by atoms with Gasteiger partial charge in [0.05, 0.1) is 18.2 Å². The molecule has 1 atom stereocenters. The molecule has 3 rings (SSSR count). The number of hydrogen-bond donors (Lipinski definition) is 1. The first-order chi connectivity index (χ1) is 15.7. The average Bonchev–Trinajstić information content (AvgIpc) is 3.03. The quantitative estimate of drug-likeness (QED) is 0.355. The molecule has 0 unspecified atom stereocenters. The lowest BCUT2D eigenvalue weighted by Gasteiger charge is -2.25. The standard InChI is InChI=1S/C26H33N3O4/c1-17(2)16-33-21-10-9-19(14-18(21)3)24(30)22-23(20-8-6-11-27-15-20)29(26(32)25(22)31)13-7-12-28(4)5/h6,8-11,14-15,17,23,30H,7,12-13,16H2,1-5H3/t23-/m1/s1. The van der Waals surface area contributed by atoms with E-state index in [9.17, 15) is 14.7 Å². The molecule has 0 spiro atoms. The van der Waals surface area contributed by atoms with E-state index in [0.717, 1.165) is 17.9 Å². The number of ether oxygens (including phenoxy) is 1. The zero-order chi connectivity index (χ0) is 24.1. The number of aliphatic hydroxyl groups excluding tert-OH is 1. The van der Waals surface area contributed by atoms with Crippen molar-refractivity contribution in [3.63, 3.8) is 0 Å². The minimum atomic E-state index is -0.682. The lowest BCUT2D eigenvalue weighted by molar-refractivity contribution is -0.139. The zero-order valence-electron chi connectivity index (χ0n) is 20.0. The van der Waals surface area contributed by atoms with E-state index < -0.39 is 17.7 Å². The minimum Gasteiger partial charge on any atom is -0.507 e. The van der Waals surface area contributed by atoms with E-state index in [-0.39, 0.29) is 11.3 Å². The summed E-state index contributed by atoms with van der Waals surface area (Å²) in [7, 11) is 3.92. The molecule has 0 bridgehead atoms. The highest BCUT2D eigenvalue weighted by Gasteiger charge is 2.45. The van der Waals surface area contributed by atoms with Crippen LogP contribution >= 0.6 is 0 Å². The molecule has 1 aromatic heterocycles. The third-order valence-corrected chi connectivity index (χ3v) is 5.56. The summed E-state index contributed by atoms with van der Waals surface area (Å²) in [4.78, 5) is 33.8. The largest absolute Gasteiger partial charge is 0.507 e. The fraction of sp³-hybridized carbons (Fsp3) is 0.423. The molecule has 0 aliphatic carbocycles. The predicted molar refractivity (Wildman–Crippen MR) is 128 cm³/mol. The van der Waals surface area contributed by atoms with E-state index >= 15 is 0 Å². The number of pyridine rings is 1. The Hall–Kier alpha value is -3.19. The lowest BCUT2D eigenvalue weighted by atomic mass is 9.95. The van der Waals surface area contributed by atoms with Gasteiger partial charge in [-0.1, -0.05) is 19.9 Å². The smallest absolute Gasteiger partial charge is 0.295 e. The highest BCUT2D eigenvalue weighted by molar-refractivity contribution is 6.46. The van der Waals surface area contributed by atoms with Crippen LogP contribution in [0.4, 0.5) is 0 Å². The van der Waals surface area contributed by atoms with Crippen molar-refractivity contribution in [3.8, 4) is 5.75 Å². The third kappa shape index (κ3) is 5.60. The average molecular weight is 452 g/mol. The summed E-state index contributed by atoms with van der Waals surface area (Å²) in [5, 5.41) is 11.2. The first-order valence-corrected chi connectivity index (χ1v) is 11.3. The maximum atomic E-state index is 13.1. The summed E-state index contributed by atoms with van der Waals surface area (Å²) in [6, 6.07) is 8.20. The number of Topliss-reactive ketones (excluding diaryl/α,β-unsaturated/α-hetero) is 1. The first-order valence-electron chi connectivity index (χ1n) is 11.3. The van der Waals surface area contributed by atoms with Gasteiger partial charge in [0.1, 0.15) is 11.5 Å². The number of rotatable bonds is 9. The molecule has 33 heavy (non-hydrogen) atoms. The summed E-state index contributed by atoms with van der Waals surface area (Å²) >= 11 is 0. The van der Waals surface area contributed by atoms with E-state index in [1.165, 1.54) is 0 Å². The molecule has 176 valence electrons.